The van der Waals surface area contributed by atoms with Gasteiger partial charge in [0.1, 0.15) is 12.1 Å². The maximum Gasteiger partial charge on any atom is 0.247 e. The van der Waals surface area contributed by atoms with Gasteiger partial charge in [-0.2, -0.15) is 0 Å². The zero-order valence-electron chi connectivity index (χ0n) is 13.3. The third kappa shape index (κ3) is 2.98. The predicted octanol–water partition coefficient (Wildman–Crippen LogP) is 2.09. The molecule has 24 heavy (non-hydrogen) atoms. The summed E-state index contributed by atoms with van der Waals surface area (Å²) in [6.07, 6.45) is 4.43. The van der Waals surface area contributed by atoms with E-state index in [9.17, 15) is 0 Å². The first-order valence-corrected chi connectivity index (χ1v) is 7.79. The van der Waals surface area contributed by atoms with Crippen molar-refractivity contribution in [2.75, 3.05) is 13.7 Å². The third-order valence-corrected chi connectivity index (χ3v) is 4.11. The molecule has 4 rings (SSSR count). The highest BCUT2D eigenvalue weighted by Gasteiger charge is 2.19. The van der Waals surface area contributed by atoms with Crippen molar-refractivity contribution in [1.29, 1.82) is 0 Å². The Bertz CT molecular complexity index is 831. The molecule has 1 aromatic carbocycles. The van der Waals surface area contributed by atoms with E-state index in [1.807, 2.05) is 30.5 Å². The van der Waals surface area contributed by atoms with Gasteiger partial charge in [0.15, 0.2) is 0 Å². The second kappa shape index (κ2) is 6.37. The summed E-state index contributed by atoms with van der Waals surface area (Å²) in [5, 5.41) is 8.30. The molecule has 3 aromatic rings. The Hall–Kier alpha value is -2.80. The molecule has 0 saturated carbocycles. The van der Waals surface area contributed by atoms with Crippen LogP contribution >= 0.6 is 0 Å². The molecule has 0 fully saturated rings. The van der Waals surface area contributed by atoms with E-state index in [0.29, 0.717) is 18.3 Å². The number of hydrogen-bond acceptors (Lipinski definition) is 7. The minimum atomic E-state index is 0.521. The van der Waals surface area contributed by atoms with E-state index >= 15 is 0 Å². The fourth-order valence-corrected chi connectivity index (χ4v) is 2.80. The number of hydrogen-bond donors (Lipinski definition) is 0. The molecular weight excluding hydrogens is 306 g/mol. The van der Waals surface area contributed by atoms with E-state index in [1.54, 1.807) is 13.4 Å². The van der Waals surface area contributed by atoms with Crippen LogP contribution in [0.15, 0.2) is 41.2 Å². The molecule has 2 aromatic heterocycles. The van der Waals surface area contributed by atoms with E-state index in [-0.39, 0.29) is 0 Å². The monoisotopic (exact) mass is 323 g/mol. The van der Waals surface area contributed by atoms with Crippen molar-refractivity contribution in [3.8, 4) is 17.2 Å². The van der Waals surface area contributed by atoms with Crippen molar-refractivity contribution in [1.82, 2.24) is 25.1 Å². The van der Waals surface area contributed by atoms with Crippen molar-refractivity contribution in [2.45, 2.75) is 19.5 Å². The highest BCUT2D eigenvalue weighted by atomic mass is 16.5. The van der Waals surface area contributed by atoms with E-state index < -0.39 is 0 Å². The minimum absolute atomic E-state index is 0.521. The lowest BCUT2D eigenvalue weighted by molar-refractivity contribution is 0.218. The summed E-state index contributed by atoms with van der Waals surface area (Å²) in [6, 6.07) is 7.56. The third-order valence-electron chi connectivity index (χ3n) is 4.11. The highest BCUT2D eigenvalue weighted by molar-refractivity contribution is 5.53. The average molecular weight is 323 g/mol. The fraction of sp³-hybridized carbons (Fsp3) is 0.294. The molecule has 0 bridgehead atoms. The molecule has 122 valence electrons. The highest BCUT2D eigenvalue weighted by Crippen LogP contribution is 2.22. The van der Waals surface area contributed by atoms with Gasteiger partial charge in [0.25, 0.3) is 0 Å². The van der Waals surface area contributed by atoms with Crippen LogP contribution in [-0.2, 0) is 19.5 Å². The van der Waals surface area contributed by atoms with Gasteiger partial charge in [0, 0.05) is 24.8 Å². The molecule has 0 amide bonds. The molecule has 0 N–H and O–H groups in total. The Kier molecular flexibility index (Phi) is 3.92. The van der Waals surface area contributed by atoms with Gasteiger partial charge in [-0.3, -0.25) is 4.90 Å². The molecule has 0 atom stereocenters. The number of ether oxygens (including phenoxy) is 1. The van der Waals surface area contributed by atoms with Gasteiger partial charge in [-0.25, -0.2) is 9.97 Å². The normalized spacial score (nSPS) is 14.4. The largest absolute Gasteiger partial charge is 0.497 e. The Balaban J connectivity index is 1.46. The van der Waals surface area contributed by atoms with Crippen molar-refractivity contribution in [2.24, 2.45) is 0 Å². The van der Waals surface area contributed by atoms with Crippen LogP contribution in [0, 0.1) is 0 Å². The fourth-order valence-electron chi connectivity index (χ4n) is 2.80. The summed E-state index contributed by atoms with van der Waals surface area (Å²) in [5.41, 5.74) is 3.18. The summed E-state index contributed by atoms with van der Waals surface area (Å²) in [4.78, 5) is 10.7. The van der Waals surface area contributed by atoms with Gasteiger partial charge in [0.05, 0.1) is 19.3 Å². The SMILES string of the molecule is COc1ccc(-c2nnc(CN3CCc4cncnc4C3)o2)cc1. The first kappa shape index (κ1) is 14.8. The maximum absolute atomic E-state index is 5.80. The molecule has 0 saturated heterocycles. The molecule has 0 unspecified atom stereocenters. The number of nitrogens with zero attached hydrogens (tertiary/aromatic N) is 5. The Labute approximate surface area is 139 Å². The molecule has 0 radical (unpaired) electrons. The molecule has 0 spiro atoms. The topological polar surface area (TPSA) is 77.2 Å². The van der Waals surface area contributed by atoms with Crippen LogP contribution in [0.2, 0.25) is 0 Å². The number of aromatic nitrogens is 4. The summed E-state index contributed by atoms with van der Waals surface area (Å²) in [6.45, 7) is 2.32. The van der Waals surface area contributed by atoms with Gasteiger partial charge in [-0.05, 0) is 36.2 Å². The van der Waals surface area contributed by atoms with Crippen molar-refractivity contribution < 1.29 is 9.15 Å². The van der Waals surface area contributed by atoms with Gasteiger partial charge in [-0.1, -0.05) is 0 Å². The summed E-state index contributed by atoms with van der Waals surface area (Å²) < 4.78 is 11.0. The van der Waals surface area contributed by atoms with Gasteiger partial charge < -0.3 is 9.15 Å². The smallest absolute Gasteiger partial charge is 0.247 e. The quantitative estimate of drug-likeness (QED) is 0.727. The van der Waals surface area contributed by atoms with Crippen LogP contribution in [0.25, 0.3) is 11.5 Å². The van der Waals surface area contributed by atoms with Crippen LogP contribution in [0.5, 0.6) is 5.75 Å². The Morgan fingerprint density at radius 3 is 2.92 bits per heavy atom. The lowest BCUT2D eigenvalue weighted by Crippen LogP contribution is -2.31. The predicted molar refractivity (Wildman–Crippen MR) is 86.1 cm³/mol. The van der Waals surface area contributed by atoms with Crippen LogP contribution in [0.4, 0.5) is 0 Å². The number of benzene rings is 1. The summed E-state index contributed by atoms with van der Waals surface area (Å²) in [7, 11) is 1.64. The second-order valence-electron chi connectivity index (χ2n) is 5.68. The summed E-state index contributed by atoms with van der Waals surface area (Å²) >= 11 is 0. The number of methoxy groups -OCH3 is 1. The van der Waals surface area contributed by atoms with Crippen LogP contribution in [0.1, 0.15) is 17.1 Å². The van der Waals surface area contributed by atoms with Crippen molar-refractivity contribution in [3.05, 3.63) is 53.9 Å². The van der Waals surface area contributed by atoms with E-state index in [1.165, 1.54) is 5.56 Å². The minimum Gasteiger partial charge on any atom is -0.497 e. The first-order chi connectivity index (χ1) is 11.8. The number of fused-ring (bicyclic) bond motifs is 1. The van der Waals surface area contributed by atoms with E-state index in [4.69, 9.17) is 9.15 Å². The average Bonchev–Trinajstić information content (AvgIpc) is 3.10. The van der Waals surface area contributed by atoms with Gasteiger partial charge in [0.2, 0.25) is 11.8 Å². The lowest BCUT2D eigenvalue weighted by atomic mass is 10.1. The molecule has 7 nitrogen and oxygen atoms in total. The lowest BCUT2D eigenvalue weighted by Gasteiger charge is -2.25. The van der Waals surface area contributed by atoms with Gasteiger partial charge >= 0.3 is 0 Å². The standard InChI is InChI=1S/C17H17N5O2/c1-23-14-4-2-12(3-5-14)17-21-20-16(24-17)10-22-7-6-13-8-18-11-19-15(13)9-22/h2-5,8,11H,6-7,9-10H2,1H3. The first-order valence-electron chi connectivity index (χ1n) is 7.79. The van der Waals surface area contributed by atoms with Crippen molar-refractivity contribution >= 4 is 0 Å². The van der Waals surface area contributed by atoms with Gasteiger partial charge in [-0.15, -0.1) is 10.2 Å². The van der Waals surface area contributed by atoms with Crippen molar-refractivity contribution in [3.63, 3.8) is 0 Å². The Morgan fingerprint density at radius 1 is 1.21 bits per heavy atom. The molecule has 3 heterocycles. The second-order valence-corrected chi connectivity index (χ2v) is 5.68. The van der Waals surface area contributed by atoms with Crippen LogP contribution in [0.3, 0.4) is 0 Å². The Morgan fingerprint density at radius 2 is 2.08 bits per heavy atom. The zero-order valence-corrected chi connectivity index (χ0v) is 13.3. The molecule has 1 aliphatic rings. The molecule has 7 heteroatoms. The molecular formula is C17H17N5O2. The van der Waals surface area contributed by atoms with Crippen LogP contribution in [-0.4, -0.2) is 38.7 Å². The zero-order chi connectivity index (χ0) is 16.4. The summed E-state index contributed by atoms with van der Waals surface area (Å²) in [5.74, 6) is 1.93. The molecule has 1 aliphatic heterocycles. The van der Waals surface area contributed by atoms with E-state index in [0.717, 1.165) is 36.5 Å². The molecule has 0 aliphatic carbocycles. The van der Waals surface area contributed by atoms with Crippen LogP contribution < -0.4 is 4.74 Å². The van der Waals surface area contributed by atoms with E-state index in [2.05, 4.69) is 25.1 Å². The maximum atomic E-state index is 5.80. The number of rotatable bonds is 4.